The molecule has 0 aliphatic carbocycles. The standard InChI is InChI=1S/C12H19ClN2O3S/c1-9-7-11(13)3-4-12(9)19(17,18)15-6-5-14-8-10(2)16/h3-4,7,10,14-16H,5-6,8H2,1-2H3. The molecule has 0 aliphatic rings. The quantitative estimate of drug-likeness (QED) is 0.654. The van der Waals surface area contributed by atoms with E-state index in [2.05, 4.69) is 10.0 Å². The van der Waals surface area contributed by atoms with Crippen LogP contribution >= 0.6 is 11.6 Å². The summed E-state index contributed by atoms with van der Waals surface area (Å²) in [4.78, 5) is 0.229. The van der Waals surface area contributed by atoms with Gasteiger partial charge in [0.05, 0.1) is 11.0 Å². The van der Waals surface area contributed by atoms with Crippen molar-refractivity contribution in [2.75, 3.05) is 19.6 Å². The van der Waals surface area contributed by atoms with Crippen LogP contribution in [0.2, 0.25) is 5.02 Å². The van der Waals surface area contributed by atoms with Crippen LogP contribution in [0.25, 0.3) is 0 Å². The molecule has 0 heterocycles. The number of halogens is 1. The Morgan fingerprint density at radius 2 is 2.05 bits per heavy atom. The molecule has 0 bridgehead atoms. The van der Waals surface area contributed by atoms with Gasteiger partial charge in [0.25, 0.3) is 0 Å². The van der Waals surface area contributed by atoms with Gasteiger partial charge in [0.2, 0.25) is 10.0 Å². The van der Waals surface area contributed by atoms with Gasteiger partial charge in [-0.1, -0.05) is 11.6 Å². The second-order valence-electron chi connectivity index (χ2n) is 4.36. The van der Waals surface area contributed by atoms with Crippen molar-refractivity contribution in [2.24, 2.45) is 0 Å². The summed E-state index contributed by atoms with van der Waals surface area (Å²) in [6, 6.07) is 4.65. The van der Waals surface area contributed by atoms with Crippen LogP contribution in [-0.2, 0) is 10.0 Å². The van der Waals surface area contributed by atoms with Crippen molar-refractivity contribution in [3.05, 3.63) is 28.8 Å². The topological polar surface area (TPSA) is 78.4 Å². The smallest absolute Gasteiger partial charge is 0.240 e. The van der Waals surface area contributed by atoms with Crippen LogP contribution in [0.1, 0.15) is 12.5 Å². The molecule has 0 fully saturated rings. The first-order valence-corrected chi connectivity index (χ1v) is 7.83. The first kappa shape index (κ1) is 16.4. The van der Waals surface area contributed by atoms with E-state index < -0.39 is 16.1 Å². The second-order valence-corrected chi connectivity index (χ2v) is 6.53. The fourth-order valence-electron chi connectivity index (χ4n) is 1.58. The van der Waals surface area contributed by atoms with Gasteiger partial charge in [-0.3, -0.25) is 0 Å². The van der Waals surface area contributed by atoms with Crippen LogP contribution in [-0.4, -0.2) is 39.3 Å². The van der Waals surface area contributed by atoms with E-state index in [9.17, 15) is 8.42 Å². The predicted molar refractivity (Wildman–Crippen MR) is 75.9 cm³/mol. The number of aliphatic hydroxyl groups excluding tert-OH is 1. The molecule has 1 aromatic carbocycles. The highest BCUT2D eigenvalue weighted by molar-refractivity contribution is 7.89. The van der Waals surface area contributed by atoms with Crippen LogP contribution < -0.4 is 10.0 Å². The highest BCUT2D eigenvalue weighted by atomic mass is 35.5. The molecule has 5 nitrogen and oxygen atoms in total. The lowest BCUT2D eigenvalue weighted by Crippen LogP contribution is -2.34. The van der Waals surface area contributed by atoms with Gasteiger partial charge < -0.3 is 10.4 Å². The minimum Gasteiger partial charge on any atom is -0.392 e. The Balaban J connectivity index is 2.56. The van der Waals surface area contributed by atoms with Gasteiger partial charge in [-0.05, 0) is 37.6 Å². The van der Waals surface area contributed by atoms with E-state index in [0.29, 0.717) is 23.7 Å². The Morgan fingerprint density at radius 3 is 2.63 bits per heavy atom. The Bertz CT molecular complexity index is 518. The molecule has 0 aromatic heterocycles. The Morgan fingerprint density at radius 1 is 1.37 bits per heavy atom. The molecule has 1 aromatic rings. The molecule has 1 atom stereocenters. The molecule has 1 rings (SSSR count). The Labute approximate surface area is 119 Å². The zero-order valence-corrected chi connectivity index (χ0v) is 12.6. The molecule has 0 saturated heterocycles. The van der Waals surface area contributed by atoms with Crippen LogP contribution in [0.3, 0.4) is 0 Å². The van der Waals surface area contributed by atoms with E-state index in [-0.39, 0.29) is 11.4 Å². The maximum atomic E-state index is 12.0. The van der Waals surface area contributed by atoms with Crippen LogP contribution in [0.5, 0.6) is 0 Å². The first-order valence-electron chi connectivity index (χ1n) is 5.97. The average Bonchev–Trinajstić information content (AvgIpc) is 2.27. The fourth-order valence-corrected chi connectivity index (χ4v) is 3.06. The normalized spacial score (nSPS) is 13.5. The number of rotatable bonds is 7. The second kappa shape index (κ2) is 7.21. The van der Waals surface area contributed by atoms with Crippen molar-refractivity contribution >= 4 is 21.6 Å². The number of sulfonamides is 1. The van der Waals surface area contributed by atoms with Crippen molar-refractivity contribution in [1.29, 1.82) is 0 Å². The van der Waals surface area contributed by atoms with Crippen molar-refractivity contribution in [1.82, 2.24) is 10.0 Å². The molecule has 0 spiro atoms. The van der Waals surface area contributed by atoms with Crippen molar-refractivity contribution in [3.8, 4) is 0 Å². The monoisotopic (exact) mass is 306 g/mol. The predicted octanol–water partition coefficient (Wildman–Crippen LogP) is 0.897. The Kier molecular flexibility index (Phi) is 6.22. The molecule has 0 aliphatic heterocycles. The summed E-state index contributed by atoms with van der Waals surface area (Å²) in [6.45, 7) is 4.51. The first-order chi connectivity index (χ1) is 8.83. The average molecular weight is 307 g/mol. The Hall–Kier alpha value is -0.660. The molecular formula is C12H19ClN2O3S. The zero-order chi connectivity index (χ0) is 14.5. The summed E-state index contributed by atoms with van der Waals surface area (Å²) in [5, 5.41) is 12.5. The van der Waals surface area contributed by atoms with E-state index in [0.717, 1.165) is 0 Å². The van der Waals surface area contributed by atoms with Gasteiger partial charge in [-0.15, -0.1) is 0 Å². The van der Waals surface area contributed by atoms with Crippen LogP contribution in [0.4, 0.5) is 0 Å². The molecule has 0 amide bonds. The highest BCUT2D eigenvalue weighted by Gasteiger charge is 2.15. The van der Waals surface area contributed by atoms with E-state index in [1.165, 1.54) is 6.07 Å². The van der Waals surface area contributed by atoms with E-state index in [4.69, 9.17) is 16.7 Å². The van der Waals surface area contributed by atoms with E-state index in [1.807, 2.05) is 0 Å². The summed E-state index contributed by atoms with van der Waals surface area (Å²) in [5.74, 6) is 0. The van der Waals surface area contributed by atoms with Gasteiger partial charge in [0.15, 0.2) is 0 Å². The van der Waals surface area contributed by atoms with Crippen molar-refractivity contribution in [3.63, 3.8) is 0 Å². The zero-order valence-electron chi connectivity index (χ0n) is 11.0. The fraction of sp³-hybridized carbons (Fsp3) is 0.500. The molecule has 3 N–H and O–H groups in total. The lowest BCUT2D eigenvalue weighted by molar-refractivity contribution is 0.192. The number of benzene rings is 1. The number of nitrogens with one attached hydrogen (secondary N) is 2. The molecule has 7 heteroatoms. The van der Waals surface area contributed by atoms with Gasteiger partial charge in [-0.2, -0.15) is 0 Å². The van der Waals surface area contributed by atoms with Crippen molar-refractivity contribution < 1.29 is 13.5 Å². The van der Waals surface area contributed by atoms with Crippen LogP contribution in [0.15, 0.2) is 23.1 Å². The summed E-state index contributed by atoms with van der Waals surface area (Å²) >= 11 is 5.79. The molecule has 0 radical (unpaired) electrons. The summed E-state index contributed by atoms with van der Waals surface area (Å²) < 4.78 is 26.6. The van der Waals surface area contributed by atoms with Gasteiger partial charge in [0, 0.05) is 24.7 Å². The minimum absolute atomic E-state index is 0.229. The lowest BCUT2D eigenvalue weighted by atomic mass is 10.2. The largest absolute Gasteiger partial charge is 0.392 e. The maximum absolute atomic E-state index is 12.0. The molecule has 108 valence electrons. The molecular weight excluding hydrogens is 288 g/mol. The van der Waals surface area contributed by atoms with Gasteiger partial charge >= 0.3 is 0 Å². The van der Waals surface area contributed by atoms with Gasteiger partial charge in [0.1, 0.15) is 0 Å². The molecule has 1 unspecified atom stereocenters. The summed E-state index contributed by atoms with van der Waals surface area (Å²) in [5.41, 5.74) is 0.608. The SMILES string of the molecule is Cc1cc(Cl)ccc1S(=O)(=O)NCCNCC(C)O. The number of aryl methyl sites for hydroxylation is 1. The molecule has 0 saturated carbocycles. The summed E-state index contributed by atoms with van der Waals surface area (Å²) in [7, 11) is -3.52. The van der Waals surface area contributed by atoms with E-state index >= 15 is 0 Å². The number of hydrogen-bond acceptors (Lipinski definition) is 4. The number of hydrogen-bond donors (Lipinski definition) is 3. The lowest BCUT2D eigenvalue weighted by Gasteiger charge is -2.10. The third-order valence-corrected chi connectivity index (χ3v) is 4.32. The summed E-state index contributed by atoms with van der Waals surface area (Å²) in [6.07, 6.45) is -0.449. The third kappa shape index (κ3) is 5.46. The van der Waals surface area contributed by atoms with E-state index in [1.54, 1.807) is 26.0 Å². The number of aliphatic hydroxyl groups is 1. The van der Waals surface area contributed by atoms with Crippen molar-refractivity contribution in [2.45, 2.75) is 24.8 Å². The van der Waals surface area contributed by atoms with Crippen LogP contribution in [0, 0.1) is 6.92 Å². The minimum atomic E-state index is -3.52. The maximum Gasteiger partial charge on any atom is 0.240 e. The third-order valence-electron chi connectivity index (χ3n) is 2.46. The van der Waals surface area contributed by atoms with Gasteiger partial charge in [-0.25, -0.2) is 13.1 Å². The highest BCUT2D eigenvalue weighted by Crippen LogP contribution is 2.19. The molecule has 19 heavy (non-hydrogen) atoms.